The molecular weight excluding hydrogens is 220 g/mol. The molecule has 100 valence electrons. The lowest BCUT2D eigenvalue weighted by molar-refractivity contribution is 0.416. The third kappa shape index (κ3) is 3.26. The van der Waals surface area contributed by atoms with Gasteiger partial charge in [-0.1, -0.05) is 13.0 Å². The van der Waals surface area contributed by atoms with Crippen LogP contribution in [0.3, 0.4) is 0 Å². The minimum atomic E-state index is 0.729. The Morgan fingerprint density at radius 1 is 1.17 bits per heavy atom. The van der Waals surface area contributed by atoms with Crippen molar-refractivity contribution in [2.75, 3.05) is 24.5 Å². The molecule has 1 heterocycles. The number of hydrogen-bond acceptors (Lipinski definition) is 2. The van der Waals surface area contributed by atoms with Crippen LogP contribution >= 0.6 is 0 Å². The van der Waals surface area contributed by atoms with Crippen LogP contribution in [0, 0.1) is 13.8 Å². The fourth-order valence-corrected chi connectivity index (χ4v) is 2.61. The molecule has 0 atom stereocenters. The van der Waals surface area contributed by atoms with Gasteiger partial charge in [0.25, 0.3) is 0 Å². The van der Waals surface area contributed by atoms with Crippen molar-refractivity contribution in [3.8, 4) is 0 Å². The largest absolute Gasteiger partial charge is 0.371 e. The summed E-state index contributed by atoms with van der Waals surface area (Å²) in [5.74, 6) is 0. The van der Waals surface area contributed by atoms with Crippen LogP contribution < -0.4 is 10.2 Å². The molecule has 0 amide bonds. The molecule has 0 radical (unpaired) electrons. The molecule has 0 saturated carbocycles. The number of nitrogens with one attached hydrogen (secondary N) is 1. The zero-order valence-corrected chi connectivity index (χ0v) is 12.0. The third-order valence-corrected chi connectivity index (χ3v) is 4.03. The molecule has 2 heteroatoms. The van der Waals surface area contributed by atoms with E-state index in [1.165, 1.54) is 49.2 Å². The maximum absolute atomic E-state index is 3.64. The van der Waals surface area contributed by atoms with Crippen LogP contribution in [0.1, 0.15) is 37.3 Å². The van der Waals surface area contributed by atoms with Crippen LogP contribution in [0.25, 0.3) is 0 Å². The average molecular weight is 246 g/mol. The van der Waals surface area contributed by atoms with Crippen molar-refractivity contribution in [1.29, 1.82) is 0 Å². The van der Waals surface area contributed by atoms with Crippen molar-refractivity contribution in [3.05, 3.63) is 29.3 Å². The Hall–Kier alpha value is -1.02. The van der Waals surface area contributed by atoms with E-state index in [9.17, 15) is 0 Å². The summed E-state index contributed by atoms with van der Waals surface area (Å²) in [7, 11) is 0. The Labute approximate surface area is 111 Å². The summed E-state index contributed by atoms with van der Waals surface area (Å²) in [4.78, 5) is 2.52. The van der Waals surface area contributed by atoms with Gasteiger partial charge in [-0.05, 0) is 62.9 Å². The van der Waals surface area contributed by atoms with E-state index in [0.29, 0.717) is 0 Å². The lowest BCUT2D eigenvalue weighted by atomic mass is 10.0. The Morgan fingerprint density at radius 3 is 2.50 bits per heavy atom. The van der Waals surface area contributed by atoms with Crippen LogP contribution in [0.4, 0.5) is 5.69 Å². The first-order valence-corrected chi connectivity index (χ1v) is 7.26. The van der Waals surface area contributed by atoms with E-state index < -0.39 is 0 Å². The highest BCUT2D eigenvalue weighted by molar-refractivity contribution is 5.50. The van der Waals surface area contributed by atoms with Gasteiger partial charge in [-0.3, -0.25) is 0 Å². The predicted octanol–water partition coefficient (Wildman–Crippen LogP) is 3.27. The SMILES string of the molecule is CCCNC1CCN(c2ccc(C)c(C)c2)CC1. The highest BCUT2D eigenvalue weighted by Gasteiger charge is 2.18. The van der Waals surface area contributed by atoms with Crippen molar-refractivity contribution in [1.82, 2.24) is 5.32 Å². The van der Waals surface area contributed by atoms with Crippen molar-refractivity contribution in [2.45, 2.75) is 46.1 Å². The van der Waals surface area contributed by atoms with Crippen molar-refractivity contribution < 1.29 is 0 Å². The van der Waals surface area contributed by atoms with E-state index in [1.807, 2.05) is 0 Å². The van der Waals surface area contributed by atoms with Crippen molar-refractivity contribution in [2.24, 2.45) is 0 Å². The van der Waals surface area contributed by atoms with E-state index >= 15 is 0 Å². The van der Waals surface area contributed by atoms with Crippen molar-refractivity contribution in [3.63, 3.8) is 0 Å². The van der Waals surface area contributed by atoms with Gasteiger partial charge in [-0.25, -0.2) is 0 Å². The smallest absolute Gasteiger partial charge is 0.0369 e. The highest BCUT2D eigenvalue weighted by Crippen LogP contribution is 2.22. The summed E-state index contributed by atoms with van der Waals surface area (Å²) in [5.41, 5.74) is 4.18. The summed E-state index contributed by atoms with van der Waals surface area (Å²) in [6, 6.07) is 7.57. The van der Waals surface area contributed by atoms with Gasteiger partial charge in [0.05, 0.1) is 0 Å². The Bertz CT molecular complexity index is 379. The van der Waals surface area contributed by atoms with Crippen LogP contribution in [0.5, 0.6) is 0 Å². The van der Waals surface area contributed by atoms with Crippen LogP contribution in [0.2, 0.25) is 0 Å². The van der Waals surface area contributed by atoms with Crippen LogP contribution in [-0.2, 0) is 0 Å². The lowest BCUT2D eigenvalue weighted by Crippen LogP contribution is -2.42. The number of benzene rings is 1. The van der Waals surface area contributed by atoms with Gasteiger partial charge in [0.1, 0.15) is 0 Å². The standard InChI is InChI=1S/C16H26N2/c1-4-9-17-15-7-10-18(11-8-15)16-6-5-13(2)14(3)12-16/h5-6,12,15,17H,4,7-11H2,1-3H3. The number of hydrogen-bond donors (Lipinski definition) is 1. The number of piperidine rings is 1. The van der Waals surface area contributed by atoms with Gasteiger partial charge in [0.2, 0.25) is 0 Å². The van der Waals surface area contributed by atoms with Gasteiger partial charge in [-0.15, -0.1) is 0 Å². The quantitative estimate of drug-likeness (QED) is 0.877. The second-order valence-corrected chi connectivity index (χ2v) is 5.48. The Balaban J connectivity index is 1.90. The molecule has 2 rings (SSSR count). The lowest BCUT2D eigenvalue weighted by Gasteiger charge is -2.34. The molecule has 1 fully saturated rings. The monoisotopic (exact) mass is 246 g/mol. The van der Waals surface area contributed by atoms with E-state index in [4.69, 9.17) is 0 Å². The second kappa shape index (κ2) is 6.24. The first-order valence-electron chi connectivity index (χ1n) is 7.26. The molecule has 0 spiro atoms. The molecule has 0 bridgehead atoms. The molecule has 0 aliphatic carbocycles. The summed E-state index contributed by atoms with van der Waals surface area (Å²) >= 11 is 0. The topological polar surface area (TPSA) is 15.3 Å². The number of aryl methyl sites for hydroxylation is 2. The zero-order chi connectivity index (χ0) is 13.0. The molecule has 1 aliphatic rings. The van der Waals surface area contributed by atoms with E-state index in [-0.39, 0.29) is 0 Å². The molecule has 2 nitrogen and oxygen atoms in total. The molecule has 0 aromatic heterocycles. The molecule has 1 aromatic carbocycles. The average Bonchev–Trinajstić information content (AvgIpc) is 2.40. The number of nitrogens with zero attached hydrogens (tertiary/aromatic N) is 1. The van der Waals surface area contributed by atoms with Crippen molar-refractivity contribution >= 4 is 5.69 Å². The van der Waals surface area contributed by atoms with Gasteiger partial charge < -0.3 is 10.2 Å². The normalized spacial score (nSPS) is 17.2. The second-order valence-electron chi connectivity index (χ2n) is 5.48. The minimum absolute atomic E-state index is 0.729. The zero-order valence-electron chi connectivity index (χ0n) is 12.0. The molecule has 1 saturated heterocycles. The molecule has 1 N–H and O–H groups in total. The van der Waals surface area contributed by atoms with E-state index in [2.05, 4.69) is 49.2 Å². The Kier molecular flexibility index (Phi) is 4.65. The van der Waals surface area contributed by atoms with Gasteiger partial charge in [0, 0.05) is 24.8 Å². The maximum Gasteiger partial charge on any atom is 0.0369 e. The fourth-order valence-electron chi connectivity index (χ4n) is 2.61. The Morgan fingerprint density at radius 2 is 1.89 bits per heavy atom. The summed E-state index contributed by atoms with van der Waals surface area (Å²) in [5, 5.41) is 3.64. The fraction of sp³-hybridized carbons (Fsp3) is 0.625. The molecule has 18 heavy (non-hydrogen) atoms. The molecule has 0 unspecified atom stereocenters. The molecule has 1 aliphatic heterocycles. The number of rotatable bonds is 4. The first-order chi connectivity index (χ1) is 8.70. The molecule has 1 aromatic rings. The first kappa shape index (κ1) is 13.4. The molecular formula is C16H26N2. The number of anilines is 1. The summed E-state index contributed by atoms with van der Waals surface area (Å²) < 4.78 is 0. The third-order valence-electron chi connectivity index (χ3n) is 4.03. The van der Waals surface area contributed by atoms with Gasteiger partial charge >= 0.3 is 0 Å². The summed E-state index contributed by atoms with van der Waals surface area (Å²) in [6.07, 6.45) is 3.78. The maximum atomic E-state index is 3.64. The van der Waals surface area contributed by atoms with Crippen LogP contribution in [-0.4, -0.2) is 25.7 Å². The van der Waals surface area contributed by atoms with Crippen LogP contribution in [0.15, 0.2) is 18.2 Å². The van der Waals surface area contributed by atoms with E-state index in [1.54, 1.807) is 0 Å². The minimum Gasteiger partial charge on any atom is -0.371 e. The summed E-state index contributed by atoms with van der Waals surface area (Å²) in [6.45, 7) is 10.1. The van der Waals surface area contributed by atoms with Gasteiger partial charge in [0.15, 0.2) is 0 Å². The van der Waals surface area contributed by atoms with E-state index in [0.717, 1.165) is 12.6 Å². The van der Waals surface area contributed by atoms with Gasteiger partial charge in [-0.2, -0.15) is 0 Å². The predicted molar refractivity (Wildman–Crippen MR) is 79.4 cm³/mol. The highest BCUT2D eigenvalue weighted by atomic mass is 15.1.